The van der Waals surface area contributed by atoms with Crippen LogP contribution in [0.25, 0.3) is 0 Å². The van der Waals surface area contributed by atoms with Crippen molar-refractivity contribution >= 4 is 11.7 Å². The van der Waals surface area contributed by atoms with Crippen molar-refractivity contribution in [2.75, 3.05) is 45.3 Å². The zero-order chi connectivity index (χ0) is 19.7. The Hall–Kier alpha value is -1.63. The van der Waals surface area contributed by atoms with Gasteiger partial charge in [0, 0.05) is 51.7 Å². The second kappa shape index (κ2) is 8.01. The van der Waals surface area contributed by atoms with E-state index < -0.39 is 0 Å². The molecule has 1 spiro atoms. The maximum atomic E-state index is 12.7. The molecule has 3 saturated heterocycles. The van der Waals surface area contributed by atoms with Gasteiger partial charge in [-0.2, -0.15) is 0 Å². The highest BCUT2D eigenvalue weighted by Gasteiger charge is 2.56. The Morgan fingerprint density at radius 1 is 1.18 bits per heavy atom. The molecule has 1 atom stereocenters. The number of likely N-dealkylation sites (tertiary alicyclic amines) is 2. The first-order valence-corrected chi connectivity index (χ1v) is 10.5. The highest BCUT2D eigenvalue weighted by Crippen LogP contribution is 2.44. The molecule has 4 rings (SSSR count). The van der Waals surface area contributed by atoms with Crippen LogP contribution in [-0.2, 0) is 9.47 Å². The van der Waals surface area contributed by atoms with E-state index >= 15 is 0 Å². The zero-order valence-electron chi connectivity index (χ0n) is 17.4. The lowest BCUT2D eigenvalue weighted by Crippen LogP contribution is -2.75. The molecule has 0 aliphatic carbocycles. The number of carbonyl (C=O) groups excluding carboxylic acids is 1. The number of amides is 2. The van der Waals surface area contributed by atoms with Crippen molar-refractivity contribution in [1.29, 1.82) is 0 Å². The Morgan fingerprint density at radius 2 is 1.89 bits per heavy atom. The van der Waals surface area contributed by atoms with Gasteiger partial charge in [0.15, 0.2) is 0 Å². The molecule has 6 nitrogen and oxygen atoms in total. The molecule has 2 amide bonds. The van der Waals surface area contributed by atoms with Crippen molar-refractivity contribution in [3.8, 4) is 0 Å². The second-order valence-corrected chi connectivity index (χ2v) is 8.54. The number of nitrogens with zero attached hydrogens (tertiary/aromatic N) is 2. The first-order valence-electron chi connectivity index (χ1n) is 10.5. The van der Waals surface area contributed by atoms with Crippen LogP contribution < -0.4 is 5.32 Å². The van der Waals surface area contributed by atoms with Crippen molar-refractivity contribution in [1.82, 2.24) is 9.80 Å². The third-order valence-corrected chi connectivity index (χ3v) is 7.13. The van der Waals surface area contributed by atoms with Gasteiger partial charge < -0.3 is 19.7 Å². The molecule has 1 aromatic rings. The first kappa shape index (κ1) is 19.7. The monoisotopic (exact) mass is 387 g/mol. The fourth-order valence-corrected chi connectivity index (χ4v) is 5.15. The zero-order valence-corrected chi connectivity index (χ0v) is 17.4. The smallest absolute Gasteiger partial charge is 0.321 e. The molecule has 3 aliphatic heterocycles. The van der Waals surface area contributed by atoms with Gasteiger partial charge in [-0.05, 0) is 62.8 Å². The van der Waals surface area contributed by atoms with E-state index in [1.165, 1.54) is 11.1 Å². The third kappa shape index (κ3) is 3.53. The van der Waals surface area contributed by atoms with Crippen LogP contribution in [0.1, 0.15) is 36.8 Å². The molecular formula is C22H33N3O3. The average molecular weight is 388 g/mol. The molecular weight excluding hydrogens is 354 g/mol. The van der Waals surface area contributed by atoms with Crippen molar-refractivity contribution in [3.63, 3.8) is 0 Å². The quantitative estimate of drug-likeness (QED) is 0.866. The van der Waals surface area contributed by atoms with Gasteiger partial charge in [0.1, 0.15) is 0 Å². The number of nitrogens with one attached hydrogen (secondary N) is 1. The highest BCUT2D eigenvalue weighted by molar-refractivity contribution is 5.89. The number of hydrogen-bond donors (Lipinski definition) is 1. The molecule has 0 radical (unpaired) electrons. The van der Waals surface area contributed by atoms with Crippen LogP contribution in [0, 0.1) is 13.8 Å². The lowest BCUT2D eigenvalue weighted by molar-refractivity contribution is -0.207. The predicted molar refractivity (Wildman–Crippen MR) is 110 cm³/mol. The molecule has 3 aliphatic rings. The Labute approximate surface area is 168 Å². The second-order valence-electron chi connectivity index (χ2n) is 8.54. The fraction of sp³-hybridized carbons (Fsp3) is 0.682. The number of anilines is 1. The summed E-state index contributed by atoms with van der Waals surface area (Å²) in [6.45, 7) is 8.44. The summed E-state index contributed by atoms with van der Waals surface area (Å²) >= 11 is 0. The molecule has 0 aromatic heterocycles. The van der Waals surface area contributed by atoms with E-state index in [9.17, 15) is 4.79 Å². The molecule has 0 bridgehead atoms. The van der Waals surface area contributed by atoms with E-state index in [-0.39, 0.29) is 11.6 Å². The molecule has 28 heavy (non-hydrogen) atoms. The summed E-state index contributed by atoms with van der Waals surface area (Å²) in [4.78, 5) is 17.3. The summed E-state index contributed by atoms with van der Waals surface area (Å²) in [6.07, 6.45) is 4.49. The maximum absolute atomic E-state index is 12.7. The molecule has 3 fully saturated rings. The lowest BCUT2D eigenvalue weighted by atomic mass is 9.73. The normalized spacial score (nSPS) is 25.5. The van der Waals surface area contributed by atoms with Crippen LogP contribution in [-0.4, -0.2) is 73.5 Å². The molecule has 154 valence electrons. The summed E-state index contributed by atoms with van der Waals surface area (Å²) < 4.78 is 11.4. The van der Waals surface area contributed by atoms with E-state index in [2.05, 4.69) is 30.1 Å². The van der Waals surface area contributed by atoms with Crippen molar-refractivity contribution in [3.05, 3.63) is 29.3 Å². The van der Waals surface area contributed by atoms with Gasteiger partial charge >= 0.3 is 6.03 Å². The SMILES string of the molecule is COC1CN(C2CCN(C(=O)Nc3ccc(C)c(C)c3)CC2)C12CCOCC2. The largest absolute Gasteiger partial charge is 0.381 e. The van der Waals surface area contributed by atoms with Gasteiger partial charge in [-0.3, -0.25) is 4.90 Å². The van der Waals surface area contributed by atoms with E-state index in [1.807, 2.05) is 24.1 Å². The molecule has 1 unspecified atom stereocenters. The minimum absolute atomic E-state index is 0.0147. The first-order chi connectivity index (χ1) is 13.5. The van der Waals surface area contributed by atoms with Crippen LogP contribution in [0.15, 0.2) is 18.2 Å². The Bertz CT molecular complexity index is 709. The maximum Gasteiger partial charge on any atom is 0.321 e. The molecule has 0 saturated carbocycles. The highest BCUT2D eigenvalue weighted by atomic mass is 16.5. The number of aryl methyl sites for hydroxylation is 2. The van der Waals surface area contributed by atoms with Crippen LogP contribution in [0.2, 0.25) is 0 Å². The number of benzene rings is 1. The standard InChI is InChI=1S/C22H33N3O3/c1-16-4-5-18(14-17(16)2)23-21(26)24-10-6-19(7-11-24)25-15-20(27-3)22(25)8-12-28-13-9-22/h4-5,14,19-20H,6-13,15H2,1-3H3,(H,23,26). The molecule has 1 N–H and O–H groups in total. The minimum Gasteiger partial charge on any atom is -0.381 e. The van der Waals surface area contributed by atoms with Crippen molar-refractivity contribution < 1.29 is 14.3 Å². The summed E-state index contributed by atoms with van der Waals surface area (Å²) in [6, 6.07) is 6.63. The number of carbonyl (C=O) groups is 1. The number of piperidine rings is 1. The van der Waals surface area contributed by atoms with Crippen LogP contribution in [0.5, 0.6) is 0 Å². The summed E-state index contributed by atoms with van der Waals surface area (Å²) in [5.74, 6) is 0. The number of hydrogen-bond acceptors (Lipinski definition) is 4. The Balaban J connectivity index is 1.33. The number of urea groups is 1. The molecule has 6 heteroatoms. The molecule has 3 heterocycles. The van der Waals surface area contributed by atoms with Crippen LogP contribution >= 0.6 is 0 Å². The van der Waals surface area contributed by atoms with Crippen molar-refractivity contribution in [2.45, 2.75) is 57.2 Å². The van der Waals surface area contributed by atoms with E-state index in [0.29, 0.717) is 12.1 Å². The topological polar surface area (TPSA) is 54.0 Å². The van der Waals surface area contributed by atoms with Crippen LogP contribution in [0.3, 0.4) is 0 Å². The van der Waals surface area contributed by atoms with Gasteiger partial charge in [0.25, 0.3) is 0 Å². The Morgan fingerprint density at radius 3 is 2.54 bits per heavy atom. The lowest BCUT2D eigenvalue weighted by Gasteiger charge is -2.63. The number of methoxy groups -OCH3 is 1. The summed E-state index contributed by atoms with van der Waals surface area (Å²) in [7, 11) is 1.83. The van der Waals surface area contributed by atoms with Gasteiger partial charge in [-0.25, -0.2) is 4.79 Å². The molecule has 1 aromatic carbocycles. The van der Waals surface area contributed by atoms with Crippen molar-refractivity contribution in [2.24, 2.45) is 0 Å². The van der Waals surface area contributed by atoms with Gasteiger partial charge in [-0.15, -0.1) is 0 Å². The number of rotatable bonds is 3. The number of ether oxygens (including phenoxy) is 2. The summed E-state index contributed by atoms with van der Waals surface area (Å²) in [5.41, 5.74) is 3.47. The fourth-order valence-electron chi connectivity index (χ4n) is 5.15. The van der Waals surface area contributed by atoms with E-state index in [1.54, 1.807) is 0 Å². The van der Waals surface area contributed by atoms with Gasteiger partial charge in [0.05, 0.1) is 11.6 Å². The summed E-state index contributed by atoms with van der Waals surface area (Å²) in [5, 5.41) is 3.06. The minimum atomic E-state index is 0.0147. The third-order valence-electron chi connectivity index (χ3n) is 7.13. The Kier molecular flexibility index (Phi) is 5.63. The van der Waals surface area contributed by atoms with Gasteiger partial charge in [0.2, 0.25) is 0 Å². The van der Waals surface area contributed by atoms with Crippen LogP contribution in [0.4, 0.5) is 10.5 Å². The predicted octanol–water partition coefficient (Wildman–Crippen LogP) is 3.18. The van der Waals surface area contributed by atoms with Gasteiger partial charge in [-0.1, -0.05) is 6.07 Å². The van der Waals surface area contributed by atoms with E-state index in [0.717, 1.165) is 64.2 Å². The van der Waals surface area contributed by atoms with E-state index in [4.69, 9.17) is 9.47 Å². The average Bonchev–Trinajstić information content (AvgIpc) is 2.71.